The molecule has 112 valence electrons. The summed E-state index contributed by atoms with van der Waals surface area (Å²) in [5.74, 6) is 1.03. The minimum Gasteiger partial charge on any atom is -0.364 e. The van der Waals surface area contributed by atoms with E-state index in [-0.39, 0.29) is 10.8 Å². The number of hydrogen-bond acceptors (Lipinski definition) is 2. The minimum absolute atomic E-state index is 0.0774. The molecule has 0 radical (unpaired) electrons. The lowest BCUT2D eigenvalue weighted by atomic mass is 9.66. The van der Waals surface area contributed by atoms with Crippen LogP contribution in [0.2, 0.25) is 0 Å². The largest absolute Gasteiger partial charge is 0.364 e. The molecule has 0 N–H and O–H groups in total. The summed E-state index contributed by atoms with van der Waals surface area (Å²) in [6, 6.07) is 0. The van der Waals surface area contributed by atoms with Crippen LogP contribution in [0.25, 0.3) is 0 Å². The molecule has 4 atom stereocenters. The minimum atomic E-state index is -0.477. The fraction of sp³-hybridized carbons (Fsp3) is 0.941. The van der Waals surface area contributed by atoms with E-state index in [0.29, 0.717) is 11.8 Å². The van der Waals surface area contributed by atoms with Gasteiger partial charge in [0, 0.05) is 23.9 Å². The molecule has 2 aliphatic heterocycles. The molecule has 2 saturated heterocycles. The van der Waals surface area contributed by atoms with Gasteiger partial charge in [0.1, 0.15) is 0 Å². The summed E-state index contributed by atoms with van der Waals surface area (Å²) in [4.78, 5) is 15.4. The number of carbonyl (C=O) groups excluding carboxylic acids is 1. The quantitative estimate of drug-likeness (QED) is 0.737. The number of ether oxygens (including phenoxy) is 1. The predicted octanol–water partition coefficient (Wildman–Crippen LogP) is 2.98. The van der Waals surface area contributed by atoms with E-state index < -0.39 is 5.60 Å². The zero-order valence-corrected chi connectivity index (χ0v) is 12.9. The van der Waals surface area contributed by atoms with Crippen molar-refractivity contribution in [2.24, 2.45) is 16.7 Å². The van der Waals surface area contributed by atoms with Crippen LogP contribution in [0.3, 0.4) is 0 Å². The highest BCUT2D eigenvalue weighted by Crippen LogP contribution is 2.75. The van der Waals surface area contributed by atoms with Gasteiger partial charge in [-0.3, -0.25) is 4.79 Å². The fourth-order valence-electron chi connectivity index (χ4n) is 5.76. The highest BCUT2D eigenvalue weighted by molar-refractivity contribution is 5.88. The van der Waals surface area contributed by atoms with E-state index >= 15 is 0 Å². The average Bonchev–Trinajstić information content (AvgIpc) is 2.79. The van der Waals surface area contributed by atoms with Crippen molar-refractivity contribution >= 4 is 5.91 Å². The maximum atomic E-state index is 13.3. The monoisotopic (exact) mass is 277 g/mol. The Bertz CT molecular complexity index is 442. The zero-order chi connectivity index (χ0) is 14.0. The van der Waals surface area contributed by atoms with Crippen LogP contribution < -0.4 is 0 Å². The third-order valence-electron chi connectivity index (χ3n) is 7.44. The van der Waals surface area contributed by atoms with E-state index in [4.69, 9.17) is 4.74 Å². The molecule has 3 heteroatoms. The van der Waals surface area contributed by atoms with Gasteiger partial charge in [0.2, 0.25) is 0 Å². The molecule has 0 aromatic carbocycles. The van der Waals surface area contributed by atoms with Gasteiger partial charge in [-0.05, 0) is 38.0 Å². The molecule has 0 spiro atoms. The van der Waals surface area contributed by atoms with Gasteiger partial charge in [0.15, 0.2) is 5.60 Å². The van der Waals surface area contributed by atoms with Gasteiger partial charge in [0.05, 0.1) is 6.61 Å². The molecular formula is C17H27NO2. The number of hydrogen-bond donors (Lipinski definition) is 0. The van der Waals surface area contributed by atoms with E-state index in [9.17, 15) is 4.79 Å². The van der Waals surface area contributed by atoms with Gasteiger partial charge in [-0.15, -0.1) is 0 Å². The molecule has 4 fully saturated rings. The summed E-state index contributed by atoms with van der Waals surface area (Å²) < 4.78 is 6.24. The molecule has 4 bridgehead atoms. The maximum Gasteiger partial charge on any atom is 0.255 e. The van der Waals surface area contributed by atoms with Crippen LogP contribution in [0.4, 0.5) is 0 Å². The molecule has 0 aromatic rings. The summed E-state index contributed by atoms with van der Waals surface area (Å²) in [6.45, 7) is 7.40. The highest BCUT2D eigenvalue weighted by atomic mass is 16.5. The number of nitrogens with zero attached hydrogens (tertiary/aromatic N) is 1. The Labute approximate surface area is 122 Å². The Morgan fingerprint density at radius 2 is 1.85 bits per heavy atom. The van der Waals surface area contributed by atoms with Gasteiger partial charge in [-0.25, -0.2) is 0 Å². The second-order valence-electron chi connectivity index (χ2n) is 8.01. The topological polar surface area (TPSA) is 29.5 Å². The highest BCUT2D eigenvalue weighted by Gasteiger charge is 2.78. The van der Waals surface area contributed by atoms with Gasteiger partial charge in [0.25, 0.3) is 5.91 Å². The van der Waals surface area contributed by atoms with Crippen LogP contribution in [0.5, 0.6) is 0 Å². The lowest BCUT2D eigenvalue weighted by Crippen LogP contribution is -2.56. The summed E-state index contributed by atoms with van der Waals surface area (Å²) in [5.41, 5.74) is -0.155. The van der Waals surface area contributed by atoms with Crippen molar-refractivity contribution in [3.05, 3.63) is 0 Å². The second-order valence-corrected chi connectivity index (χ2v) is 8.01. The molecule has 0 aromatic heterocycles. The van der Waals surface area contributed by atoms with Crippen molar-refractivity contribution < 1.29 is 9.53 Å². The van der Waals surface area contributed by atoms with Crippen LogP contribution in [-0.4, -0.2) is 36.1 Å². The second kappa shape index (κ2) is 4.00. The number of amides is 1. The molecule has 4 rings (SSSR count). The normalized spacial score (nSPS) is 50.5. The molecule has 2 aliphatic carbocycles. The van der Waals surface area contributed by atoms with E-state index in [1.165, 1.54) is 38.5 Å². The number of rotatable bonds is 1. The summed E-state index contributed by atoms with van der Waals surface area (Å²) >= 11 is 0. The number of carbonyl (C=O) groups is 1. The Balaban J connectivity index is 1.66. The molecule has 3 nitrogen and oxygen atoms in total. The predicted molar refractivity (Wildman–Crippen MR) is 77.3 cm³/mol. The van der Waals surface area contributed by atoms with Gasteiger partial charge in [-0.2, -0.15) is 0 Å². The van der Waals surface area contributed by atoms with Crippen molar-refractivity contribution in [2.75, 3.05) is 19.7 Å². The first-order chi connectivity index (χ1) is 9.54. The van der Waals surface area contributed by atoms with Crippen LogP contribution in [-0.2, 0) is 9.53 Å². The maximum absolute atomic E-state index is 13.3. The Morgan fingerprint density at radius 1 is 1.15 bits per heavy atom. The third-order valence-corrected chi connectivity index (χ3v) is 7.44. The van der Waals surface area contributed by atoms with Crippen molar-refractivity contribution in [3.63, 3.8) is 0 Å². The van der Waals surface area contributed by atoms with Crippen LogP contribution in [0.1, 0.15) is 58.8 Å². The lowest BCUT2D eigenvalue weighted by Gasteiger charge is -2.42. The lowest BCUT2D eigenvalue weighted by molar-refractivity contribution is -0.167. The van der Waals surface area contributed by atoms with Crippen LogP contribution in [0, 0.1) is 16.7 Å². The molecule has 20 heavy (non-hydrogen) atoms. The van der Waals surface area contributed by atoms with Crippen molar-refractivity contribution in [2.45, 2.75) is 64.4 Å². The number of likely N-dealkylation sites (tertiary alicyclic amines) is 1. The third kappa shape index (κ3) is 1.29. The summed E-state index contributed by atoms with van der Waals surface area (Å²) in [5, 5.41) is 0. The first-order valence-electron chi connectivity index (χ1n) is 8.47. The molecule has 1 amide bonds. The van der Waals surface area contributed by atoms with Gasteiger partial charge in [-0.1, -0.05) is 26.7 Å². The smallest absolute Gasteiger partial charge is 0.255 e. The SMILES string of the molecule is C[C@@]12CC[C@@H]3C[C@@]1(C(=O)N1CCCCCC1)OC[C@@]32C. The first kappa shape index (κ1) is 13.1. The average molecular weight is 277 g/mol. The van der Waals surface area contributed by atoms with Crippen molar-refractivity contribution in [1.82, 2.24) is 4.90 Å². The van der Waals surface area contributed by atoms with Crippen LogP contribution >= 0.6 is 0 Å². The molecular weight excluding hydrogens is 250 g/mol. The van der Waals surface area contributed by atoms with Gasteiger partial charge >= 0.3 is 0 Å². The summed E-state index contributed by atoms with van der Waals surface area (Å²) in [7, 11) is 0. The summed E-state index contributed by atoms with van der Waals surface area (Å²) in [6.07, 6.45) is 8.33. The van der Waals surface area contributed by atoms with Gasteiger partial charge < -0.3 is 9.64 Å². The standard InChI is InChI=1S/C17H27NO2/c1-15-12-20-17(11-13(15)7-8-16(15,17)2)14(19)18-9-5-3-4-6-10-18/h13H,3-12H2,1-2H3/t13-,15+,16+,17+/m1/s1. The first-order valence-corrected chi connectivity index (χ1v) is 8.47. The van der Waals surface area contributed by atoms with E-state index in [0.717, 1.165) is 26.1 Å². The van der Waals surface area contributed by atoms with E-state index in [1.54, 1.807) is 0 Å². The van der Waals surface area contributed by atoms with Crippen molar-refractivity contribution in [1.29, 1.82) is 0 Å². The van der Waals surface area contributed by atoms with Crippen molar-refractivity contribution in [3.8, 4) is 0 Å². The van der Waals surface area contributed by atoms with E-state index in [1.807, 2.05) is 0 Å². The Morgan fingerprint density at radius 3 is 2.45 bits per heavy atom. The van der Waals surface area contributed by atoms with Crippen LogP contribution in [0.15, 0.2) is 0 Å². The molecule has 2 saturated carbocycles. The zero-order valence-electron chi connectivity index (χ0n) is 12.9. The Kier molecular flexibility index (Phi) is 2.62. The van der Waals surface area contributed by atoms with E-state index in [2.05, 4.69) is 18.7 Å². The Hall–Kier alpha value is -0.570. The molecule has 2 heterocycles. The molecule has 4 aliphatic rings. The molecule has 0 unspecified atom stereocenters. The fourth-order valence-corrected chi connectivity index (χ4v) is 5.76.